The van der Waals surface area contributed by atoms with Gasteiger partial charge in [-0.1, -0.05) is 24.3 Å². The van der Waals surface area contributed by atoms with Gasteiger partial charge in [-0.2, -0.15) is 0 Å². The summed E-state index contributed by atoms with van der Waals surface area (Å²) in [6.45, 7) is 0.329. The number of rotatable bonds is 7. The molecular formula is C24H15N3O6. The second-order valence-electron chi connectivity index (χ2n) is 6.81. The van der Waals surface area contributed by atoms with Crippen LogP contribution in [0.2, 0.25) is 0 Å². The Balaban J connectivity index is 1.82. The first kappa shape index (κ1) is 21.3. The van der Waals surface area contributed by atoms with Gasteiger partial charge in [-0.15, -0.1) is 0 Å². The van der Waals surface area contributed by atoms with Crippen LogP contribution in [-0.4, -0.2) is 43.6 Å². The van der Waals surface area contributed by atoms with E-state index in [4.69, 9.17) is 14.9 Å². The van der Waals surface area contributed by atoms with Gasteiger partial charge in [0.1, 0.15) is 5.75 Å². The number of nitrogens with zero attached hydrogens (tertiary/aromatic N) is 3. The molecule has 1 heterocycles. The van der Waals surface area contributed by atoms with E-state index in [-0.39, 0.29) is 11.1 Å². The highest BCUT2D eigenvalue weighted by atomic mass is 16.5. The van der Waals surface area contributed by atoms with E-state index < -0.39 is 11.9 Å². The van der Waals surface area contributed by atoms with Crippen molar-refractivity contribution in [2.24, 2.45) is 0 Å². The third-order valence-electron chi connectivity index (χ3n) is 4.71. The molecule has 9 heteroatoms. The van der Waals surface area contributed by atoms with E-state index in [1.54, 1.807) is 48.5 Å². The number of carbonyl (C=O) groups excluding carboxylic acids is 1. The van der Waals surface area contributed by atoms with Crippen LogP contribution in [0, 0.1) is 0 Å². The summed E-state index contributed by atoms with van der Waals surface area (Å²) >= 11 is 0. The van der Waals surface area contributed by atoms with Crippen molar-refractivity contribution in [3.63, 3.8) is 0 Å². The number of carbonyl (C=O) groups is 3. The van der Waals surface area contributed by atoms with Crippen LogP contribution in [0.15, 0.2) is 72.8 Å². The third kappa shape index (κ3) is 4.72. The standard InChI is InChI=1S/C24H15N3O6/c28-13-33-19-11-9-16(10-12-19)22-26-20(14-1-5-17(6-2-14)23(29)30)25-21(27-22)15-3-7-18(8-4-15)24(31)32/h1-13H,(H,29,30)(H,31,32). The Bertz CT molecular complexity index is 1260. The molecule has 0 radical (unpaired) electrons. The minimum absolute atomic E-state index is 0.128. The second kappa shape index (κ2) is 9.06. The maximum absolute atomic E-state index is 11.2. The van der Waals surface area contributed by atoms with Crippen molar-refractivity contribution in [3.8, 4) is 39.9 Å². The van der Waals surface area contributed by atoms with E-state index in [1.807, 2.05) is 0 Å². The number of carboxylic acid groups (broad SMARTS) is 2. The minimum atomic E-state index is -1.05. The summed E-state index contributed by atoms with van der Waals surface area (Å²) in [4.78, 5) is 46.4. The predicted molar refractivity (Wildman–Crippen MR) is 117 cm³/mol. The Morgan fingerprint density at radius 2 is 0.939 bits per heavy atom. The third-order valence-corrected chi connectivity index (χ3v) is 4.71. The SMILES string of the molecule is O=COc1ccc(-c2nc(-c3ccc(C(=O)O)cc3)nc(-c3ccc(C(=O)O)cc3)n2)cc1. The van der Waals surface area contributed by atoms with Crippen LogP contribution >= 0.6 is 0 Å². The lowest BCUT2D eigenvalue weighted by atomic mass is 10.1. The van der Waals surface area contributed by atoms with Gasteiger partial charge in [-0.25, -0.2) is 24.5 Å². The molecule has 0 amide bonds. The molecule has 0 aliphatic heterocycles. The van der Waals surface area contributed by atoms with Crippen molar-refractivity contribution in [3.05, 3.63) is 83.9 Å². The van der Waals surface area contributed by atoms with Crippen LogP contribution in [0.3, 0.4) is 0 Å². The first-order valence-corrected chi connectivity index (χ1v) is 9.59. The van der Waals surface area contributed by atoms with E-state index in [2.05, 4.69) is 15.0 Å². The predicted octanol–water partition coefficient (Wildman–Crippen LogP) is 3.80. The molecule has 4 rings (SSSR count). The Hall–Kier alpha value is -4.92. The second-order valence-corrected chi connectivity index (χ2v) is 6.81. The summed E-state index contributed by atoms with van der Waals surface area (Å²) in [7, 11) is 0. The minimum Gasteiger partial charge on any atom is -0.478 e. The molecule has 0 fully saturated rings. The summed E-state index contributed by atoms with van der Waals surface area (Å²) in [5, 5.41) is 18.3. The molecule has 0 aliphatic rings. The molecule has 2 N–H and O–H groups in total. The van der Waals surface area contributed by atoms with E-state index >= 15 is 0 Å². The van der Waals surface area contributed by atoms with Gasteiger partial charge in [-0.3, -0.25) is 4.79 Å². The molecular weight excluding hydrogens is 426 g/mol. The van der Waals surface area contributed by atoms with Gasteiger partial charge in [0.25, 0.3) is 6.47 Å². The highest BCUT2D eigenvalue weighted by molar-refractivity contribution is 5.88. The average molecular weight is 441 g/mol. The summed E-state index contributed by atoms with van der Waals surface area (Å²) in [6, 6.07) is 18.8. The van der Waals surface area contributed by atoms with Crippen molar-refractivity contribution in [1.29, 1.82) is 0 Å². The van der Waals surface area contributed by atoms with Gasteiger partial charge in [0.2, 0.25) is 0 Å². The van der Waals surface area contributed by atoms with E-state index in [1.165, 1.54) is 24.3 Å². The lowest BCUT2D eigenvalue weighted by Crippen LogP contribution is -2.01. The maximum Gasteiger partial charge on any atom is 0.335 e. The number of aromatic nitrogens is 3. The smallest absolute Gasteiger partial charge is 0.335 e. The van der Waals surface area contributed by atoms with Crippen LogP contribution in [0.25, 0.3) is 34.2 Å². The molecule has 0 aliphatic carbocycles. The maximum atomic E-state index is 11.2. The number of ether oxygens (including phenoxy) is 1. The Morgan fingerprint density at radius 1 is 0.606 bits per heavy atom. The number of aromatic carboxylic acids is 2. The molecule has 33 heavy (non-hydrogen) atoms. The molecule has 0 unspecified atom stereocenters. The van der Waals surface area contributed by atoms with Crippen LogP contribution in [0.1, 0.15) is 20.7 Å². The van der Waals surface area contributed by atoms with Gasteiger partial charge in [0.05, 0.1) is 11.1 Å². The first-order chi connectivity index (χ1) is 15.9. The van der Waals surface area contributed by atoms with Crippen molar-refractivity contribution >= 4 is 18.4 Å². The zero-order valence-corrected chi connectivity index (χ0v) is 16.9. The number of hydrogen-bond acceptors (Lipinski definition) is 7. The zero-order chi connectivity index (χ0) is 23.4. The summed E-state index contributed by atoms with van der Waals surface area (Å²) in [6.07, 6.45) is 0. The summed E-state index contributed by atoms with van der Waals surface area (Å²) < 4.78 is 4.81. The Morgan fingerprint density at radius 3 is 1.24 bits per heavy atom. The highest BCUT2D eigenvalue weighted by Crippen LogP contribution is 2.26. The lowest BCUT2D eigenvalue weighted by molar-refractivity contribution is -0.120. The molecule has 1 aromatic heterocycles. The largest absolute Gasteiger partial charge is 0.478 e. The topological polar surface area (TPSA) is 140 Å². The van der Waals surface area contributed by atoms with E-state index in [0.29, 0.717) is 46.4 Å². The molecule has 0 saturated carbocycles. The molecule has 3 aromatic carbocycles. The zero-order valence-electron chi connectivity index (χ0n) is 16.9. The quantitative estimate of drug-likeness (QED) is 0.410. The van der Waals surface area contributed by atoms with Crippen molar-refractivity contribution < 1.29 is 29.3 Å². The molecule has 0 saturated heterocycles. The fourth-order valence-corrected chi connectivity index (χ4v) is 3.03. The Kier molecular flexibility index (Phi) is 5.85. The number of benzene rings is 3. The first-order valence-electron chi connectivity index (χ1n) is 9.59. The number of carboxylic acids is 2. The van der Waals surface area contributed by atoms with Crippen molar-refractivity contribution in [2.45, 2.75) is 0 Å². The Labute approximate surface area is 187 Å². The molecule has 162 valence electrons. The molecule has 4 aromatic rings. The fraction of sp³-hybridized carbons (Fsp3) is 0. The van der Waals surface area contributed by atoms with Crippen molar-refractivity contribution in [2.75, 3.05) is 0 Å². The molecule has 0 atom stereocenters. The summed E-state index contributed by atoms with van der Waals surface area (Å²) in [5.74, 6) is -0.788. The summed E-state index contributed by atoms with van der Waals surface area (Å²) in [5.41, 5.74) is 2.04. The van der Waals surface area contributed by atoms with E-state index in [0.717, 1.165) is 0 Å². The van der Waals surface area contributed by atoms with Crippen LogP contribution in [-0.2, 0) is 4.79 Å². The normalized spacial score (nSPS) is 10.4. The van der Waals surface area contributed by atoms with Gasteiger partial charge >= 0.3 is 11.9 Å². The molecule has 0 bridgehead atoms. The molecule has 9 nitrogen and oxygen atoms in total. The van der Waals surface area contributed by atoms with Gasteiger partial charge in [-0.05, 0) is 48.5 Å². The van der Waals surface area contributed by atoms with Crippen LogP contribution < -0.4 is 4.74 Å². The van der Waals surface area contributed by atoms with Crippen molar-refractivity contribution in [1.82, 2.24) is 15.0 Å². The lowest BCUT2D eigenvalue weighted by Gasteiger charge is -2.09. The monoisotopic (exact) mass is 441 g/mol. The van der Waals surface area contributed by atoms with Gasteiger partial charge < -0.3 is 14.9 Å². The van der Waals surface area contributed by atoms with Gasteiger partial charge in [0.15, 0.2) is 17.5 Å². The fourth-order valence-electron chi connectivity index (χ4n) is 3.03. The average Bonchev–Trinajstić information content (AvgIpc) is 2.84. The van der Waals surface area contributed by atoms with Crippen LogP contribution in [0.5, 0.6) is 5.75 Å². The van der Waals surface area contributed by atoms with E-state index in [9.17, 15) is 14.4 Å². The number of hydrogen-bond donors (Lipinski definition) is 2. The van der Waals surface area contributed by atoms with Crippen LogP contribution in [0.4, 0.5) is 0 Å². The van der Waals surface area contributed by atoms with Gasteiger partial charge in [0, 0.05) is 16.7 Å². The highest BCUT2D eigenvalue weighted by Gasteiger charge is 2.14. The molecule has 0 spiro atoms.